The molecule has 3 rings (SSSR count). The lowest BCUT2D eigenvalue weighted by Crippen LogP contribution is -2.11. The van der Waals surface area contributed by atoms with Gasteiger partial charge in [0.25, 0.3) is 0 Å². The number of hydrogen-bond donors (Lipinski definition) is 0. The van der Waals surface area contributed by atoms with Gasteiger partial charge in [0.1, 0.15) is 5.82 Å². The molecule has 100 valence electrons. The molecule has 0 spiro atoms. The summed E-state index contributed by atoms with van der Waals surface area (Å²) < 4.78 is 32.2. The first-order valence-electron chi connectivity index (χ1n) is 6.50. The molecule has 2 nitrogen and oxygen atoms in total. The number of hydrogen-bond acceptors (Lipinski definition) is 2. The largest absolute Gasteiger partial charge is 0.450 e. The summed E-state index contributed by atoms with van der Waals surface area (Å²) in [6.07, 6.45) is 3.79. The Kier molecular flexibility index (Phi) is 2.88. The summed E-state index contributed by atoms with van der Waals surface area (Å²) in [5.41, 5.74) is 0.505. The van der Waals surface area contributed by atoms with Crippen molar-refractivity contribution in [3.8, 4) is 0 Å². The van der Waals surface area contributed by atoms with Crippen LogP contribution in [-0.4, -0.2) is 5.78 Å². The van der Waals surface area contributed by atoms with Crippen LogP contribution in [0.5, 0.6) is 0 Å². The van der Waals surface area contributed by atoms with Gasteiger partial charge in [-0.15, -0.1) is 0 Å². The predicted molar refractivity (Wildman–Crippen MR) is 67.2 cm³/mol. The van der Waals surface area contributed by atoms with Crippen LogP contribution in [0, 0.1) is 24.5 Å². The fourth-order valence-corrected chi connectivity index (χ4v) is 2.85. The van der Waals surface area contributed by atoms with Gasteiger partial charge in [-0.2, -0.15) is 0 Å². The molecule has 0 saturated heterocycles. The number of Topliss-reactive ketones (excluding diaryl/α,β-unsaturated/α-hetero) is 1. The number of halogens is 2. The second-order valence-electron chi connectivity index (χ2n) is 5.17. The standard InChI is InChI=1S/C15H14F2O2/c1-8-11-6-10(16)7-12(17)15(11)19-14(8)13(18)9-4-2-3-5-9/h6-7,9H,2-5H2,1H3. The molecule has 0 bridgehead atoms. The lowest BCUT2D eigenvalue weighted by Gasteiger charge is -2.05. The van der Waals surface area contributed by atoms with Crippen molar-refractivity contribution in [2.24, 2.45) is 5.92 Å². The summed E-state index contributed by atoms with van der Waals surface area (Å²) >= 11 is 0. The zero-order valence-electron chi connectivity index (χ0n) is 10.6. The number of carbonyl (C=O) groups excluding carboxylic acids is 1. The summed E-state index contributed by atoms with van der Waals surface area (Å²) in [6, 6.07) is 1.98. The van der Waals surface area contributed by atoms with Crippen molar-refractivity contribution in [3.63, 3.8) is 0 Å². The van der Waals surface area contributed by atoms with Crippen LogP contribution in [0.3, 0.4) is 0 Å². The third-order valence-electron chi connectivity index (χ3n) is 3.91. The maximum Gasteiger partial charge on any atom is 0.201 e. The van der Waals surface area contributed by atoms with Crippen molar-refractivity contribution < 1.29 is 18.0 Å². The normalized spacial score (nSPS) is 16.4. The Labute approximate surface area is 109 Å². The summed E-state index contributed by atoms with van der Waals surface area (Å²) in [7, 11) is 0. The van der Waals surface area contributed by atoms with E-state index in [9.17, 15) is 13.6 Å². The van der Waals surface area contributed by atoms with Crippen LogP contribution in [-0.2, 0) is 0 Å². The molecule has 1 saturated carbocycles. The molecular formula is C15H14F2O2. The highest BCUT2D eigenvalue weighted by atomic mass is 19.1. The third kappa shape index (κ3) is 1.95. The second-order valence-corrected chi connectivity index (χ2v) is 5.17. The molecule has 1 aliphatic carbocycles. The van der Waals surface area contributed by atoms with E-state index in [1.54, 1.807) is 6.92 Å². The molecule has 1 heterocycles. The lowest BCUT2D eigenvalue weighted by molar-refractivity contribution is 0.0895. The molecular weight excluding hydrogens is 250 g/mol. The van der Waals surface area contributed by atoms with Crippen LogP contribution in [0.25, 0.3) is 11.0 Å². The van der Waals surface area contributed by atoms with Crippen molar-refractivity contribution >= 4 is 16.8 Å². The fourth-order valence-electron chi connectivity index (χ4n) is 2.85. The smallest absolute Gasteiger partial charge is 0.201 e. The average Bonchev–Trinajstić information content (AvgIpc) is 2.98. The zero-order chi connectivity index (χ0) is 13.6. The van der Waals surface area contributed by atoms with Crippen molar-refractivity contribution in [2.75, 3.05) is 0 Å². The van der Waals surface area contributed by atoms with Gasteiger partial charge in [0.15, 0.2) is 17.2 Å². The van der Waals surface area contributed by atoms with Gasteiger partial charge in [-0.25, -0.2) is 8.78 Å². The topological polar surface area (TPSA) is 30.2 Å². The van der Waals surface area contributed by atoms with Crippen LogP contribution in [0.4, 0.5) is 8.78 Å². The maximum absolute atomic E-state index is 13.6. The van der Waals surface area contributed by atoms with Crippen LogP contribution in [0.2, 0.25) is 0 Å². The SMILES string of the molecule is Cc1c(C(=O)C2CCCC2)oc2c(F)cc(F)cc12. The van der Waals surface area contributed by atoms with Gasteiger partial charge in [-0.05, 0) is 25.8 Å². The van der Waals surface area contributed by atoms with Crippen molar-refractivity contribution in [1.82, 2.24) is 0 Å². The summed E-state index contributed by atoms with van der Waals surface area (Å²) in [4.78, 5) is 12.3. The van der Waals surface area contributed by atoms with Gasteiger partial charge < -0.3 is 4.42 Å². The van der Waals surface area contributed by atoms with E-state index in [4.69, 9.17) is 4.42 Å². The fraction of sp³-hybridized carbons (Fsp3) is 0.400. The molecule has 2 aromatic rings. The van der Waals surface area contributed by atoms with Gasteiger partial charge in [-0.3, -0.25) is 4.79 Å². The van der Waals surface area contributed by atoms with Crippen molar-refractivity contribution in [2.45, 2.75) is 32.6 Å². The molecule has 19 heavy (non-hydrogen) atoms. The van der Waals surface area contributed by atoms with E-state index in [2.05, 4.69) is 0 Å². The molecule has 0 aliphatic heterocycles. The Hall–Kier alpha value is -1.71. The van der Waals surface area contributed by atoms with Crippen molar-refractivity contribution in [1.29, 1.82) is 0 Å². The van der Waals surface area contributed by atoms with Gasteiger partial charge in [0.2, 0.25) is 5.78 Å². The van der Waals surface area contributed by atoms with E-state index in [0.29, 0.717) is 10.9 Å². The highest BCUT2D eigenvalue weighted by Gasteiger charge is 2.29. The lowest BCUT2D eigenvalue weighted by atomic mass is 9.98. The van der Waals surface area contributed by atoms with Crippen LogP contribution in [0.15, 0.2) is 16.5 Å². The Morgan fingerprint density at radius 3 is 2.63 bits per heavy atom. The minimum atomic E-state index is -0.761. The molecule has 0 radical (unpaired) electrons. The first-order valence-corrected chi connectivity index (χ1v) is 6.50. The Morgan fingerprint density at radius 2 is 1.95 bits per heavy atom. The number of carbonyl (C=O) groups is 1. The number of aryl methyl sites for hydroxylation is 1. The zero-order valence-corrected chi connectivity index (χ0v) is 10.6. The van der Waals surface area contributed by atoms with E-state index in [1.165, 1.54) is 6.07 Å². The van der Waals surface area contributed by atoms with Gasteiger partial charge in [0.05, 0.1) is 0 Å². The molecule has 1 aromatic carbocycles. The summed E-state index contributed by atoms with van der Waals surface area (Å²) in [6.45, 7) is 1.67. The average molecular weight is 264 g/mol. The van der Waals surface area contributed by atoms with Crippen LogP contribution >= 0.6 is 0 Å². The highest BCUT2D eigenvalue weighted by molar-refractivity contribution is 6.01. The van der Waals surface area contributed by atoms with E-state index in [1.807, 2.05) is 0 Å². The first-order chi connectivity index (χ1) is 9.08. The molecule has 0 amide bonds. The number of furan rings is 1. The van der Waals surface area contributed by atoms with Gasteiger partial charge in [0, 0.05) is 22.9 Å². The van der Waals surface area contributed by atoms with Crippen LogP contribution in [0.1, 0.15) is 41.8 Å². The number of rotatable bonds is 2. The van der Waals surface area contributed by atoms with Gasteiger partial charge >= 0.3 is 0 Å². The number of fused-ring (bicyclic) bond motifs is 1. The molecule has 4 heteroatoms. The third-order valence-corrected chi connectivity index (χ3v) is 3.91. The molecule has 0 unspecified atom stereocenters. The minimum Gasteiger partial charge on any atom is -0.450 e. The highest BCUT2D eigenvalue weighted by Crippen LogP contribution is 2.33. The van der Waals surface area contributed by atoms with E-state index in [-0.39, 0.29) is 23.0 Å². The Balaban J connectivity index is 2.12. The van der Waals surface area contributed by atoms with Gasteiger partial charge in [-0.1, -0.05) is 12.8 Å². The predicted octanol–water partition coefficient (Wildman–Crippen LogP) is 4.39. The molecule has 1 fully saturated rings. The van der Waals surface area contributed by atoms with E-state index < -0.39 is 11.6 Å². The molecule has 1 aromatic heterocycles. The van der Waals surface area contributed by atoms with Crippen LogP contribution < -0.4 is 0 Å². The monoisotopic (exact) mass is 264 g/mol. The minimum absolute atomic E-state index is 0.0275. The maximum atomic E-state index is 13.6. The quantitative estimate of drug-likeness (QED) is 0.753. The number of ketones is 1. The first kappa shape index (κ1) is 12.3. The summed E-state index contributed by atoms with van der Waals surface area (Å²) in [5.74, 6) is -1.35. The van der Waals surface area contributed by atoms with Crippen molar-refractivity contribution in [3.05, 3.63) is 35.1 Å². The number of benzene rings is 1. The Morgan fingerprint density at radius 1 is 1.26 bits per heavy atom. The Bertz CT molecular complexity index is 652. The van der Waals surface area contributed by atoms with E-state index in [0.717, 1.165) is 31.7 Å². The summed E-state index contributed by atoms with van der Waals surface area (Å²) in [5, 5.41) is 0.346. The molecule has 0 atom stereocenters. The molecule has 0 N–H and O–H groups in total. The molecule has 1 aliphatic rings. The second kappa shape index (κ2) is 4.44. The van der Waals surface area contributed by atoms with E-state index >= 15 is 0 Å².